The summed E-state index contributed by atoms with van der Waals surface area (Å²) in [5.74, 6) is -1.27. The maximum absolute atomic E-state index is 12.0. The normalized spacial score (nSPS) is 11.0. The molecule has 3 nitrogen and oxygen atoms in total. The van der Waals surface area contributed by atoms with E-state index in [4.69, 9.17) is 5.26 Å². The van der Waals surface area contributed by atoms with Gasteiger partial charge in [0.1, 0.15) is 11.8 Å². The summed E-state index contributed by atoms with van der Waals surface area (Å²) < 4.78 is 36.1. The summed E-state index contributed by atoms with van der Waals surface area (Å²) in [6, 6.07) is 2.72. The zero-order chi connectivity index (χ0) is 10.1. The minimum atomic E-state index is -4.60. The molecule has 1 rings (SSSR count). The van der Waals surface area contributed by atoms with Crippen LogP contribution in [0.5, 0.6) is 0 Å². The zero-order valence-corrected chi connectivity index (χ0v) is 6.55. The van der Waals surface area contributed by atoms with Crippen molar-refractivity contribution in [2.24, 2.45) is 0 Å². The second-order valence-corrected chi connectivity index (χ2v) is 2.33. The van der Waals surface area contributed by atoms with Gasteiger partial charge < -0.3 is 0 Å². The molecule has 0 aliphatic carbocycles. The third kappa shape index (κ3) is 2.15. The average molecular weight is 187 g/mol. The Labute approximate surface area is 71.9 Å². The van der Waals surface area contributed by atoms with Gasteiger partial charge >= 0.3 is 6.18 Å². The average Bonchev–Trinajstić information content (AvgIpc) is 2.01. The lowest BCUT2D eigenvalue weighted by atomic mass is 10.3. The second kappa shape index (κ2) is 3.01. The Kier molecular flexibility index (Phi) is 2.19. The molecule has 1 aromatic heterocycles. The highest BCUT2D eigenvalue weighted by atomic mass is 19.4. The van der Waals surface area contributed by atoms with Gasteiger partial charge in [-0.1, -0.05) is 0 Å². The van der Waals surface area contributed by atoms with Crippen molar-refractivity contribution >= 4 is 0 Å². The van der Waals surface area contributed by atoms with Crippen LogP contribution >= 0.6 is 0 Å². The van der Waals surface area contributed by atoms with Crippen LogP contribution in [0.2, 0.25) is 0 Å². The molecular weight excluding hydrogens is 183 g/mol. The Balaban J connectivity index is 3.26. The number of hydrogen-bond donors (Lipinski definition) is 0. The predicted molar refractivity (Wildman–Crippen MR) is 36.5 cm³/mol. The number of rotatable bonds is 0. The molecule has 0 radical (unpaired) electrons. The summed E-state index contributed by atoms with van der Waals surface area (Å²) >= 11 is 0. The number of nitrogens with zero attached hydrogens (tertiary/aromatic N) is 3. The Morgan fingerprint density at radius 3 is 2.46 bits per heavy atom. The second-order valence-electron chi connectivity index (χ2n) is 2.33. The summed E-state index contributed by atoms with van der Waals surface area (Å²) in [6.45, 7) is 1.37. The molecule has 0 unspecified atom stereocenters. The molecule has 0 N–H and O–H groups in total. The molecule has 0 saturated carbocycles. The molecule has 1 aromatic rings. The van der Waals surface area contributed by atoms with Crippen LogP contribution in [0.3, 0.4) is 0 Å². The van der Waals surface area contributed by atoms with Gasteiger partial charge in [-0.15, -0.1) is 0 Å². The molecule has 0 saturated heterocycles. The summed E-state index contributed by atoms with van der Waals surface area (Å²) in [7, 11) is 0. The molecule has 0 fully saturated rings. The van der Waals surface area contributed by atoms with Gasteiger partial charge in [-0.05, 0) is 13.0 Å². The Hall–Kier alpha value is -1.64. The third-order valence-electron chi connectivity index (χ3n) is 1.22. The van der Waals surface area contributed by atoms with E-state index in [1.54, 1.807) is 0 Å². The minimum absolute atomic E-state index is 0.124. The maximum atomic E-state index is 12.0. The fourth-order valence-electron chi connectivity index (χ4n) is 0.753. The van der Waals surface area contributed by atoms with Crippen molar-refractivity contribution in [3.63, 3.8) is 0 Å². The first-order chi connectivity index (χ1) is 5.93. The van der Waals surface area contributed by atoms with Crippen LogP contribution in [0.15, 0.2) is 6.07 Å². The van der Waals surface area contributed by atoms with Gasteiger partial charge in [0.25, 0.3) is 0 Å². The first kappa shape index (κ1) is 9.45. The van der Waals surface area contributed by atoms with E-state index in [1.165, 1.54) is 19.1 Å². The highest BCUT2D eigenvalue weighted by Gasteiger charge is 2.35. The smallest absolute Gasteiger partial charge is 0.230 e. The monoisotopic (exact) mass is 187 g/mol. The van der Waals surface area contributed by atoms with Crippen LogP contribution in [-0.2, 0) is 6.18 Å². The summed E-state index contributed by atoms with van der Waals surface area (Å²) in [5, 5.41) is 8.34. The number of aryl methyl sites for hydroxylation is 1. The van der Waals surface area contributed by atoms with E-state index in [0.29, 0.717) is 0 Å². The maximum Gasteiger partial charge on any atom is 0.451 e. The first-order valence-electron chi connectivity index (χ1n) is 3.26. The first-order valence-corrected chi connectivity index (χ1v) is 3.26. The van der Waals surface area contributed by atoms with Crippen molar-refractivity contribution in [1.29, 1.82) is 5.26 Å². The highest BCUT2D eigenvalue weighted by Crippen LogP contribution is 2.26. The van der Waals surface area contributed by atoms with Crippen molar-refractivity contribution in [2.45, 2.75) is 13.1 Å². The van der Waals surface area contributed by atoms with E-state index in [2.05, 4.69) is 9.97 Å². The topological polar surface area (TPSA) is 49.6 Å². The van der Waals surface area contributed by atoms with Gasteiger partial charge in [0.15, 0.2) is 0 Å². The van der Waals surface area contributed by atoms with Crippen LogP contribution in [-0.4, -0.2) is 9.97 Å². The highest BCUT2D eigenvalue weighted by molar-refractivity contribution is 5.22. The van der Waals surface area contributed by atoms with Crippen molar-refractivity contribution in [2.75, 3.05) is 0 Å². The molecule has 0 aliphatic rings. The van der Waals surface area contributed by atoms with Gasteiger partial charge in [-0.2, -0.15) is 18.4 Å². The number of halogens is 3. The Morgan fingerprint density at radius 2 is 2.00 bits per heavy atom. The fourth-order valence-corrected chi connectivity index (χ4v) is 0.753. The number of nitriles is 1. The molecule has 0 amide bonds. The Bertz CT molecular complexity index is 364. The van der Waals surface area contributed by atoms with Gasteiger partial charge in [0.05, 0.1) is 0 Å². The molecule has 0 aliphatic heterocycles. The molecule has 1 heterocycles. The SMILES string of the molecule is Cc1cc(C#N)nc(C(F)(F)F)n1. The molecule has 0 bridgehead atoms. The molecule has 68 valence electrons. The lowest BCUT2D eigenvalue weighted by Crippen LogP contribution is -2.12. The van der Waals surface area contributed by atoms with Crippen LogP contribution < -0.4 is 0 Å². The summed E-state index contributed by atoms with van der Waals surface area (Å²) in [6.07, 6.45) is -4.60. The molecule has 0 spiro atoms. The van der Waals surface area contributed by atoms with Gasteiger partial charge in [-0.3, -0.25) is 0 Å². The van der Waals surface area contributed by atoms with Crippen molar-refractivity contribution in [1.82, 2.24) is 9.97 Å². The van der Waals surface area contributed by atoms with Gasteiger partial charge in [0.2, 0.25) is 5.82 Å². The minimum Gasteiger partial charge on any atom is -0.230 e. The Morgan fingerprint density at radius 1 is 1.38 bits per heavy atom. The van der Waals surface area contributed by atoms with Crippen molar-refractivity contribution in [3.8, 4) is 6.07 Å². The van der Waals surface area contributed by atoms with E-state index < -0.39 is 12.0 Å². The molecule has 6 heteroatoms. The van der Waals surface area contributed by atoms with Crippen LogP contribution in [0.25, 0.3) is 0 Å². The lowest BCUT2D eigenvalue weighted by molar-refractivity contribution is -0.145. The van der Waals surface area contributed by atoms with E-state index in [-0.39, 0.29) is 11.4 Å². The molecular formula is C7H4F3N3. The van der Waals surface area contributed by atoms with Crippen molar-refractivity contribution in [3.05, 3.63) is 23.3 Å². The number of hydrogen-bond acceptors (Lipinski definition) is 3. The molecule has 0 aromatic carbocycles. The van der Waals surface area contributed by atoms with E-state index in [1.807, 2.05) is 0 Å². The standard InChI is InChI=1S/C7H4F3N3/c1-4-2-5(3-11)13-6(12-4)7(8,9)10/h2H,1H3. The predicted octanol–water partition coefficient (Wildman–Crippen LogP) is 1.68. The molecule has 0 atom stereocenters. The van der Waals surface area contributed by atoms with Crippen LogP contribution in [0, 0.1) is 18.3 Å². The van der Waals surface area contributed by atoms with Gasteiger partial charge in [0, 0.05) is 5.69 Å². The quantitative estimate of drug-likeness (QED) is 0.620. The summed E-state index contributed by atoms with van der Waals surface area (Å²) in [5.41, 5.74) is -0.154. The van der Waals surface area contributed by atoms with Crippen LogP contribution in [0.1, 0.15) is 17.2 Å². The lowest BCUT2D eigenvalue weighted by Gasteiger charge is -2.04. The fraction of sp³-hybridized carbons (Fsp3) is 0.286. The number of aromatic nitrogens is 2. The summed E-state index contributed by atoms with van der Waals surface area (Å²) in [4.78, 5) is 6.19. The van der Waals surface area contributed by atoms with E-state index in [9.17, 15) is 13.2 Å². The van der Waals surface area contributed by atoms with Gasteiger partial charge in [-0.25, -0.2) is 9.97 Å². The van der Waals surface area contributed by atoms with Crippen molar-refractivity contribution < 1.29 is 13.2 Å². The van der Waals surface area contributed by atoms with E-state index in [0.717, 1.165) is 0 Å². The molecule has 13 heavy (non-hydrogen) atoms. The third-order valence-corrected chi connectivity index (χ3v) is 1.22. The zero-order valence-electron chi connectivity index (χ0n) is 6.55. The van der Waals surface area contributed by atoms with Crippen LogP contribution in [0.4, 0.5) is 13.2 Å². The van der Waals surface area contributed by atoms with E-state index >= 15 is 0 Å². The largest absolute Gasteiger partial charge is 0.451 e. The number of alkyl halides is 3.